The Morgan fingerprint density at radius 1 is 0.963 bits per heavy atom. The molecular formula is C21H27N3O3. The summed E-state index contributed by atoms with van der Waals surface area (Å²) >= 11 is 0. The number of carbonyl (C=O) groups is 1. The highest BCUT2D eigenvalue weighted by molar-refractivity contribution is 5.96. The van der Waals surface area contributed by atoms with Gasteiger partial charge in [0, 0.05) is 42.8 Å². The van der Waals surface area contributed by atoms with Gasteiger partial charge in [0.1, 0.15) is 13.2 Å². The zero-order valence-electron chi connectivity index (χ0n) is 16.3. The molecule has 0 N–H and O–H groups in total. The van der Waals surface area contributed by atoms with Crippen molar-refractivity contribution >= 4 is 5.91 Å². The van der Waals surface area contributed by atoms with Crippen molar-refractivity contribution in [3.8, 4) is 17.2 Å². The van der Waals surface area contributed by atoms with E-state index in [1.807, 2.05) is 43.0 Å². The lowest BCUT2D eigenvalue weighted by Gasteiger charge is -2.21. The average molecular weight is 369 g/mol. The Morgan fingerprint density at radius 2 is 1.74 bits per heavy atom. The molecule has 4 rings (SSSR count). The first-order chi connectivity index (χ1) is 13.0. The van der Waals surface area contributed by atoms with E-state index in [9.17, 15) is 4.79 Å². The number of nitrogens with zero attached hydrogens (tertiary/aromatic N) is 3. The van der Waals surface area contributed by atoms with Crippen LogP contribution in [-0.4, -0.2) is 66.7 Å². The van der Waals surface area contributed by atoms with Crippen LogP contribution in [0, 0.1) is 13.8 Å². The summed E-state index contributed by atoms with van der Waals surface area (Å²) < 4.78 is 13.5. The molecular weight excluding hydrogens is 342 g/mol. The first-order valence-corrected chi connectivity index (χ1v) is 9.61. The van der Waals surface area contributed by atoms with Crippen molar-refractivity contribution in [1.82, 2.24) is 14.4 Å². The van der Waals surface area contributed by atoms with Crippen molar-refractivity contribution in [2.24, 2.45) is 0 Å². The molecule has 1 aromatic carbocycles. The summed E-state index contributed by atoms with van der Waals surface area (Å²) in [5.41, 5.74) is 3.78. The predicted octanol–water partition coefficient (Wildman–Crippen LogP) is 2.64. The monoisotopic (exact) mass is 369 g/mol. The Morgan fingerprint density at radius 3 is 2.56 bits per heavy atom. The summed E-state index contributed by atoms with van der Waals surface area (Å²) in [7, 11) is 2.11. The average Bonchev–Trinajstić information content (AvgIpc) is 2.82. The van der Waals surface area contributed by atoms with Gasteiger partial charge in [0.25, 0.3) is 5.91 Å². The fraction of sp³-hybridized carbons (Fsp3) is 0.476. The number of hydrogen-bond acceptors (Lipinski definition) is 4. The molecule has 2 aromatic rings. The zero-order chi connectivity index (χ0) is 19.0. The minimum Gasteiger partial charge on any atom is -0.486 e. The third-order valence-electron chi connectivity index (χ3n) is 5.45. The molecule has 0 unspecified atom stereocenters. The Balaban J connectivity index is 1.65. The fourth-order valence-electron chi connectivity index (χ4n) is 3.97. The molecule has 1 amide bonds. The van der Waals surface area contributed by atoms with E-state index in [0.29, 0.717) is 13.2 Å². The van der Waals surface area contributed by atoms with Crippen LogP contribution < -0.4 is 9.47 Å². The first kappa shape index (κ1) is 17.9. The maximum atomic E-state index is 13.2. The van der Waals surface area contributed by atoms with E-state index in [1.165, 1.54) is 0 Å². The van der Waals surface area contributed by atoms with Gasteiger partial charge in [-0.1, -0.05) is 0 Å². The number of amides is 1. The van der Waals surface area contributed by atoms with Crippen molar-refractivity contribution in [1.29, 1.82) is 0 Å². The van der Waals surface area contributed by atoms with Crippen molar-refractivity contribution in [2.75, 3.05) is 46.4 Å². The van der Waals surface area contributed by atoms with E-state index >= 15 is 0 Å². The summed E-state index contributed by atoms with van der Waals surface area (Å²) in [5.74, 6) is 1.66. The van der Waals surface area contributed by atoms with E-state index in [4.69, 9.17) is 9.47 Å². The van der Waals surface area contributed by atoms with Gasteiger partial charge >= 0.3 is 0 Å². The Bertz CT molecular complexity index is 859. The second kappa shape index (κ2) is 7.27. The molecule has 3 heterocycles. The van der Waals surface area contributed by atoms with Crippen LogP contribution in [0.3, 0.4) is 0 Å². The summed E-state index contributed by atoms with van der Waals surface area (Å²) in [4.78, 5) is 17.4. The number of aryl methyl sites for hydroxylation is 1. The van der Waals surface area contributed by atoms with E-state index in [2.05, 4.69) is 16.5 Å². The summed E-state index contributed by atoms with van der Waals surface area (Å²) in [6.45, 7) is 8.76. The van der Waals surface area contributed by atoms with Gasteiger partial charge in [0.05, 0.1) is 5.56 Å². The molecule has 0 aliphatic carbocycles. The molecule has 6 nitrogen and oxygen atoms in total. The Hall–Kier alpha value is -2.47. The van der Waals surface area contributed by atoms with Gasteiger partial charge in [0.2, 0.25) is 0 Å². The van der Waals surface area contributed by atoms with E-state index < -0.39 is 0 Å². The summed E-state index contributed by atoms with van der Waals surface area (Å²) in [5, 5.41) is 0. The molecule has 2 aliphatic rings. The van der Waals surface area contributed by atoms with Crippen molar-refractivity contribution in [3.63, 3.8) is 0 Å². The lowest BCUT2D eigenvalue weighted by Crippen LogP contribution is -2.34. The number of hydrogen-bond donors (Lipinski definition) is 0. The summed E-state index contributed by atoms with van der Waals surface area (Å²) in [6.07, 6.45) is 1.02. The minimum absolute atomic E-state index is 0.127. The van der Waals surface area contributed by atoms with Crippen LogP contribution in [0.25, 0.3) is 5.69 Å². The number of rotatable bonds is 2. The third-order valence-corrected chi connectivity index (χ3v) is 5.45. The predicted molar refractivity (Wildman–Crippen MR) is 104 cm³/mol. The second-order valence-corrected chi connectivity index (χ2v) is 7.40. The van der Waals surface area contributed by atoms with Crippen LogP contribution in [-0.2, 0) is 0 Å². The first-order valence-electron chi connectivity index (χ1n) is 9.61. The molecule has 1 fully saturated rings. The van der Waals surface area contributed by atoms with Gasteiger partial charge in [-0.3, -0.25) is 4.79 Å². The molecule has 2 aliphatic heterocycles. The highest BCUT2D eigenvalue weighted by Gasteiger charge is 2.24. The molecule has 0 saturated carbocycles. The molecule has 6 heteroatoms. The Kier molecular flexibility index (Phi) is 4.83. The molecule has 1 aromatic heterocycles. The normalized spacial score (nSPS) is 17.7. The number of ether oxygens (including phenoxy) is 2. The molecule has 144 valence electrons. The fourth-order valence-corrected chi connectivity index (χ4v) is 3.97. The molecule has 27 heavy (non-hydrogen) atoms. The van der Waals surface area contributed by atoms with Crippen LogP contribution in [0.1, 0.15) is 28.2 Å². The van der Waals surface area contributed by atoms with Gasteiger partial charge in [0.15, 0.2) is 11.5 Å². The van der Waals surface area contributed by atoms with Crippen molar-refractivity contribution in [3.05, 3.63) is 41.2 Å². The smallest absolute Gasteiger partial charge is 0.255 e. The standard InChI is InChI=1S/C21H27N3O3/c1-15-13-18(21(25)23-8-4-7-22(3)9-10-23)16(2)24(15)17-5-6-19-20(14-17)27-12-11-26-19/h5-6,13-14H,4,7-12H2,1-3H3. The van der Waals surface area contributed by atoms with Gasteiger partial charge in [-0.25, -0.2) is 0 Å². The highest BCUT2D eigenvalue weighted by atomic mass is 16.6. The summed E-state index contributed by atoms with van der Waals surface area (Å²) in [6, 6.07) is 7.95. The largest absolute Gasteiger partial charge is 0.486 e. The highest BCUT2D eigenvalue weighted by Crippen LogP contribution is 2.33. The quantitative estimate of drug-likeness (QED) is 0.817. The Labute approximate surface area is 160 Å². The minimum atomic E-state index is 0.127. The SMILES string of the molecule is Cc1cc(C(=O)N2CCCN(C)CC2)c(C)n1-c1ccc2c(c1)OCCO2. The van der Waals surface area contributed by atoms with Crippen molar-refractivity contribution in [2.45, 2.75) is 20.3 Å². The van der Waals surface area contributed by atoms with E-state index in [1.54, 1.807) is 0 Å². The second-order valence-electron chi connectivity index (χ2n) is 7.40. The van der Waals surface area contributed by atoms with Crippen LogP contribution in [0.2, 0.25) is 0 Å². The number of fused-ring (bicyclic) bond motifs is 1. The maximum absolute atomic E-state index is 13.2. The molecule has 0 bridgehead atoms. The van der Waals surface area contributed by atoms with Crippen LogP contribution in [0.5, 0.6) is 11.5 Å². The molecule has 0 atom stereocenters. The van der Waals surface area contributed by atoms with Crippen LogP contribution in [0.4, 0.5) is 0 Å². The maximum Gasteiger partial charge on any atom is 0.255 e. The van der Waals surface area contributed by atoms with Gasteiger partial charge in [-0.05, 0) is 52.1 Å². The molecule has 0 radical (unpaired) electrons. The topological polar surface area (TPSA) is 46.9 Å². The zero-order valence-corrected chi connectivity index (χ0v) is 16.3. The number of carbonyl (C=O) groups excluding carboxylic acids is 1. The van der Waals surface area contributed by atoms with Gasteiger partial charge in [-0.15, -0.1) is 0 Å². The number of likely N-dealkylation sites (N-methyl/N-ethyl adjacent to an activating group) is 1. The van der Waals surface area contributed by atoms with E-state index in [0.717, 1.165) is 66.7 Å². The molecule has 0 spiro atoms. The van der Waals surface area contributed by atoms with Crippen LogP contribution in [0.15, 0.2) is 24.3 Å². The van der Waals surface area contributed by atoms with Crippen molar-refractivity contribution < 1.29 is 14.3 Å². The lowest BCUT2D eigenvalue weighted by molar-refractivity contribution is 0.0762. The number of benzene rings is 1. The number of aromatic nitrogens is 1. The van der Waals surface area contributed by atoms with Gasteiger partial charge < -0.3 is 23.8 Å². The third kappa shape index (κ3) is 3.41. The molecule has 1 saturated heterocycles. The lowest BCUT2D eigenvalue weighted by atomic mass is 10.2. The van der Waals surface area contributed by atoms with E-state index in [-0.39, 0.29) is 5.91 Å². The van der Waals surface area contributed by atoms with Gasteiger partial charge in [-0.2, -0.15) is 0 Å². The van der Waals surface area contributed by atoms with Crippen LogP contribution >= 0.6 is 0 Å².